The van der Waals surface area contributed by atoms with Crippen molar-refractivity contribution in [1.29, 1.82) is 0 Å². The summed E-state index contributed by atoms with van der Waals surface area (Å²) < 4.78 is 11.4. The van der Waals surface area contributed by atoms with Crippen molar-refractivity contribution in [2.75, 3.05) is 6.61 Å². The van der Waals surface area contributed by atoms with Crippen LogP contribution in [0, 0.1) is 28.6 Å². The standard InChI is InChI=1S/C24H30O6/c1-13-9-18-17-6-5-15-10-16(26)7-8-21(15,3)24(17)20(30-24)11-22(18,4)23(13,28)19(27)12-29-14(2)25/h7-8,10,13,17-18,20,28H,5-6,9,11-12H2,1-4H3/t13-,17+,18-,20-,21-,22-,23-,24+/m0/s1. The summed E-state index contributed by atoms with van der Waals surface area (Å²) in [6.07, 6.45) is 8.43. The smallest absolute Gasteiger partial charge is 0.303 e. The first kappa shape index (κ1) is 20.1. The van der Waals surface area contributed by atoms with Gasteiger partial charge in [0.1, 0.15) is 11.2 Å². The van der Waals surface area contributed by atoms with Crippen LogP contribution in [0.2, 0.25) is 0 Å². The van der Waals surface area contributed by atoms with Gasteiger partial charge in [-0.1, -0.05) is 25.5 Å². The first-order valence-electron chi connectivity index (χ1n) is 11.0. The number of aliphatic hydroxyl groups is 1. The topological polar surface area (TPSA) is 93.2 Å². The maximum absolute atomic E-state index is 13.1. The molecule has 0 aromatic rings. The van der Waals surface area contributed by atoms with Crippen LogP contribution in [0.3, 0.4) is 0 Å². The molecule has 0 aromatic carbocycles. The molecular weight excluding hydrogens is 384 g/mol. The Kier molecular flexibility index (Phi) is 3.97. The molecule has 6 nitrogen and oxygen atoms in total. The second-order valence-electron chi connectivity index (χ2n) is 10.5. The van der Waals surface area contributed by atoms with E-state index in [1.165, 1.54) is 6.92 Å². The minimum Gasteiger partial charge on any atom is -0.458 e. The average molecular weight is 414 g/mol. The van der Waals surface area contributed by atoms with Gasteiger partial charge in [-0.2, -0.15) is 0 Å². The molecule has 3 saturated carbocycles. The van der Waals surface area contributed by atoms with Crippen molar-refractivity contribution in [1.82, 2.24) is 0 Å². The number of ether oxygens (including phenoxy) is 2. The third kappa shape index (κ3) is 2.14. The van der Waals surface area contributed by atoms with Gasteiger partial charge in [0, 0.05) is 17.8 Å². The van der Waals surface area contributed by atoms with E-state index in [-0.39, 0.29) is 40.7 Å². The van der Waals surface area contributed by atoms with E-state index in [9.17, 15) is 19.5 Å². The molecule has 8 atom stereocenters. The van der Waals surface area contributed by atoms with Crippen molar-refractivity contribution in [2.24, 2.45) is 28.6 Å². The van der Waals surface area contributed by atoms with Crippen LogP contribution in [0.15, 0.2) is 23.8 Å². The van der Waals surface area contributed by atoms with Gasteiger partial charge in [0.05, 0.1) is 6.10 Å². The molecule has 6 heteroatoms. The van der Waals surface area contributed by atoms with Crippen LogP contribution in [0.25, 0.3) is 0 Å². The summed E-state index contributed by atoms with van der Waals surface area (Å²) in [4.78, 5) is 36.3. The van der Waals surface area contributed by atoms with Gasteiger partial charge in [0.15, 0.2) is 12.4 Å². The van der Waals surface area contributed by atoms with E-state index in [2.05, 4.69) is 6.92 Å². The quantitative estimate of drug-likeness (QED) is 0.564. The molecule has 0 bridgehead atoms. The lowest BCUT2D eigenvalue weighted by molar-refractivity contribution is -0.170. The van der Waals surface area contributed by atoms with Crippen molar-refractivity contribution in [2.45, 2.75) is 70.7 Å². The summed E-state index contributed by atoms with van der Waals surface area (Å²) in [6, 6.07) is 0. The van der Waals surface area contributed by atoms with Crippen LogP contribution in [-0.4, -0.2) is 46.6 Å². The number of esters is 1. The molecule has 1 aliphatic heterocycles. The van der Waals surface area contributed by atoms with Gasteiger partial charge in [-0.05, 0) is 62.5 Å². The number of carbonyl (C=O) groups is 3. The number of carbonyl (C=O) groups excluding carboxylic acids is 3. The lowest BCUT2D eigenvalue weighted by Crippen LogP contribution is -2.62. The van der Waals surface area contributed by atoms with Gasteiger partial charge in [0.2, 0.25) is 5.78 Å². The predicted molar refractivity (Wildman–Crippen MR) is 107 cm³/mol. The van der Waals surface area contributed by atoms with Crippen molar-refractivity contribution in [3.05, 3.63) is 23.8 Å². The number of Topliss-reactive ketones (excluding diaryl/α,β-unsaturated/α-hetero) is 1. The first-order valence-corrected chi connectivity index (χ1v) is 11.0. The molecule has 1 heterocycles. The molecule has 0 aromatic heterocycles. The molecule has 5 aliphatic rings. The van der Waals surface area contributed by atoms with Crippen LogP contribution in [0.1, 0.15) is 53.4 Å². The number of epoxide rings is 1. The van der Waals surface area contributed by atoms with E-state index < -0.39 is 29.4 Å². The highest BCUT2D eigenvalue weighted by Crippen LogP contribution is 2.76. The Morgan fingerprint density at radius 1 is 1.30 bits per heavy atom. The number of ketones is 2. The van der Waals surface area contributed by atoms with E-state index >= 15 is 0 Å². The SMILES string of the molecule is CC(=O)OCC(=O)[C@@]1(O)[C@@H](C)C[C@H]2[C@H]3CCC4=CC(=O)C=C[C@]4(C)[C@@]34O[C@H]4C[C@@]21C. The van der Waals surface area contributed by atoms with Crippen LogP contribution < -0.4 is 0 Å². The molecule has 30 heavy (non-hydrogen) atoms. The van der Waals surface area contributed by atoms with Crippen molar-refractivity contribution >= 4 is 17.5 Å². The van der Waals surface area contributed by atoms with E-state index in [0.29, 0.717) is 6.42 Å². The minimum atomic E-state index is -1.54. The summed E-state index contributed by atoms with van der Waals surface area (Å²) in [5.41, 5.74) is -1.71. The maximum atomic E-state index is 13.1. The van der Waals surface area contributed by atoms with Gasteiger partial charge in [-0.15, -0.1) is 0 Å². The fourth-order valence-electron chi connectivity index (χ4n) is 7.85. The highest BCUT2D eigenvalue weighted by atomic mass is 16.6. The average Bonchev–Trinajstić information content (AvgIpc) is 3.36. The van der Waals surface area contributed by atoms with Crippen molar-refractivity contribution in [3.8, 4) is 0 Å². The second kappa shape index (κ2) is 5.92. The van der Waals surface area contributed by atoms with Crippen LogP contribution in [-0.2, 0) is 23.9 Å². The predicted octanol–water partition coefficient (Wildman–Crippen LogP) is 2.53. The Balaban J connectivity index is 1.52. The lowest BCUT2D eigenvalue weighted by Gasteiger charge is -2.55. The number of hydrogen-bond donors (Lipinski definition) is 1. The highest BCUT2D eigenvalue weighted by molar-refractivity contribution is 6.01. The normalized spacial score (nSPS) is 50.6. The largest absolute Gasteiger partial charge is 0.458 e. The molecule has 0 radical (unpaired) electrons. The summed E-state index contributed by atoms with van der Waals surface area (Å²) >= 11 is 0. The Bertz CT molecular complexity index is 919. The minimum absolute atomic E-state index is 0.0371. The van der Waals surface area contributed by atoms with Gasteiger partial charge >= 0.3 is 5.97 Å². The molecule has 1 spiro atoms. The molecule has 1 saturated heterocycles. The van der Waals surface area contributed by atoms with Gasteiger partial charge in [0.25, 0.3) is 0 Å². The Labute approximate surface area is 176 Å². The molecule has 4 fully saturated rings. The second-order valence-corrected chi connectivity index (χ2v) is 10.5. The zero-order chi connectivity index (χ0) is 21.7. The monoisotopic (exact) mass is 414 g/mol. The zero-order valence-electron chi connectivity index (χ0n) is 18.1. The molecule has 1 N–H and O–H groups in total. The Hall–Kier alpha value is -1.79. The summed E-state index contributed by atoms with van der Waals surface area (Å²) in [7, 11) is 0. The third-order valence-corrected chi connectivity index (χ3v) is 9.35. The van der Waals surface area contributed by atoms with E-state index in [1.807, 2.05) is 19.9 Å². The number of rotatable bonds is 3. The number of allylic oxidation sites excluding steroid dienone is 2. The van der Waals surface area contributed by atoms with Crippen molar-refractivity contribution < 1.29 is 29.0 Å². The van der Waals surface area contributed by atoms with Gasteiger partial charge < -0.3 is 14.6 Å². The lowest BCUT2D eigenvalue weighted by atomic mass is 9.46. The summed E-state index contributed by atoms with van der Waals surface area (Å²) in [6.45, 7) is 7.00. The van der Waals surface area contributed by atoms with E-state index in [1.54, 1.807) is 12.2 Å². The van der Waals surface area contributed by atoms with Crippen LogP contribution in [0.5, 0.6) is 0 Å². The molecule has 162 valence electrons. The van der Waals surface area contributed by atoms with Crippen LogP contribution in [0.4, 0.5) is 0 Å². The van der Waals surface area contributed by atoms with E-state index in [4.69, 9.17) is 9.47 Å². The molecule has 5 rings (SSSR count). The van der Waals surface area contributed by atoms with Gasteiger partial charge in [-0.3, -0.25) is 14.4 Å². The number of fused-ring (bicyclic) bond motifs is 3. The van der Waals surface area contributed by atoms with Gasteiger partial charge in [-0.25, -0.2) is 0 Å². The zero-order valence-corrected chi connectivity index (χ0v) is 18.1. The molecule has 4 aliphatic carbocycles. The number of hydrogen-bond acceptors (Lipinski definition) is 6. The highest BCUT2D eigenvalue weighted by Gasteiger charge is 2.81. The molecule has 0 unspecified atom stereocenters. The third-order valence-electron chi connectivity index (χ3n) is 9.35. The van der Waals surface area contributed by atoms with Crippen molar-refractivity contribution in [3.63, 3.8) is 0 Å². The summed E-state index contributed by atoms with van der Waals surface area (Å²) in [5.74, 6) is -0.783. The van der Waals surface area contributed by atoms with E-state index in [0.717, 1.165) is 24.8 Å². The molecule has 0 amide bonds. The summed E-state index contributed by atoms with van der Waals surface area (Å²) in [5, 5.41) is 11.8. The Morgan fingerprint density at radius 3 is 2.73 bits per heavy atom. The van der Waals surface area contributed by atoms with Crippen LogP contribution >= 0.6 is 0 Å². The Morgan fingerprint density at radius 2 is 2.03 bits per heavy atom. The fraction of sp³-hybridized carbons (Fsp3) is 0.708. The first-order chi connectivity index (χ1) is 14.0. The molecular formula is C24H30O6. The maximum Gasteiger partial charge on any atom is 0.303 e. The fourth-order valence-corrected chi connectivity index (χ4v) is 7.85.